The molecule has 0 aliphatic carbocycles. The van der Waals surface area contributed by atoms with Crippen LogP contribution in [0, 0.1) is 0 Å². The second-order valence-electron chi connectivity index (χ2n) is 5.25. The maximum absolute atomic E-state index is 12.2. The Hall–Kier alpha value is -2.06. The minimum absolute atomic E-state index is 0.00584. The molecule has 1 unspecified atom stereocenters. The second kappa shape index (κ2) is 6.59. The van der Waals surface area contributed by atoms with Gasteiger partial charge in [0.05, 0.1) is 12.6 Å². The van der Waals surface area contributed by atoms with Gasteiger partial charge in [0.25, 0.3) is 0 Å². The fourth-order valence-corrected chi connectivity index (χ4v) is 2.46. The number of nitrogens with one attached hydrogen (secondary N) is 1. The summed E-state index contributed by atoms with van der Waals surface area (Å²) >= 11 is 0. The highest BCUT2D eigenvalue weighted by Gasteiger charge is 2.31. The van der Waals surface area contributed by atoms with Crippen LogP contribution in [0.5, 0.6) is 5.75 Å². The summed E-state index contributed by atoms with van der Waals surface area (Å²) < 4.78 is 48.2. The van der Waals surface area contributed by atoms with Gasteiger partial charge in [-0.05, 0) is 17.7 Å². The maximum Gasteiger partial charge on any atom is 0.573 e. The summed E-state index contributed by atoms with van der Waals surface area (Å²) in [4.78, 5) is 4.17. The van der Waals surface area contributed by atoms with E-state index in [0.29, 0.717) is 31.8 Å². The highest BCUT2D eigenvalue weighted by molar-refractivity contribution is 5.28. The van der Waals surface area contributed by atoms with Crippen LogP contribution >= 0.6 is 0 Å². The Kier molecular flexibility index (Phi) is 4.53. The summed E-state index contributed by atoms with van der Waals surface area (Å²) in [6.45, 7) is 2.21. The molecule has 124 valence electrons. The molecule has 1 aromatic carbocycles. The zero-order valence-electron chi connectivity index (χ0n) is 12.2. The molecule has 1 aliphatic heterocycles. The van der Waals surface area contributed by atoms with E-state index in [9.17, 15) is 13.2 Å². The number of nitrogens with zero attached hydrogens (tertiary/aromatic N) is 2. The van der Waals surface area contributed by atoms with Gasteiger partial charge in [0.15, 0.2) is 0 Å². The molecule has 0 bridgehead atoms. The van der Waals surface area contributed by atoms with Crippen molar-refractivity contribution in [3.8, 4) is 5.75 Å². The summed E-state index contributed by atoms with van der Waals surface area (Å²) in [6.07, 6.45) is -1.03. The Bertz CT molecular complexity index is 657. The van der Waals surface area contributed by atoms with Crippen molar-refractivity contribution in [1.82, 2.24) is 14.9 Å². The molecular weight excluding hydrogens is 311 g/mol. The van der Waals surface area contributed by atoms with Gasteiger partial charge in [-0.2, -0.15) is 0 Å². The molecule has 1 N–H and O–H groups in total. The lowest BCUT2D eigenvalue weighted by Gasteiger charge is -2.24. The van der Waals surface area contributed by atoms with Gasteiger partial charge in [-0.15, -0.1) is 13.2 Å². The molecular formula is C15H16F3N3O2. The van der Waals surface area contributed by atoms with E-state index in [2.05, 4.69) is 15.0 Å². The first kappa shape index (κ1) is 15.8. The number of alkyl halides is 3. The minimum Gasteiger partial charge on any atom is -0.406 e. The molecule has 0 saturated heterocycles. The zero-order valence-corrected chi connectivity index (χ0v) is 12.2. The Balaban J connectivity index is 1.48. The predicted octanol–water partition coefficient (Wildman–Crippen LogP) is 2.47. The smallest absolute Gasteiger partial charge is 0.406 e. The molecule has 8 heteroatoms. The lowest BCUT2D eigenvalue weighted by molar-refractivity contribution is -0.274. The predicted molar refractivity (Wildman–Crippen MR) is 75.6 cm³/mol. The fourth-order valence-electron chi connectivity index (χ4n) is 2.46. The van der Waals surface area contributed by atoms with E-state index in [-0.39, 0.29) is 11.9 Å². The maximum atomic E-state index is 12.2. The summed E-state index contributed by atoms with van der Waals surface area (Å²) in [5, 5.41) is 3.19. The van der Waals surface area contributed by atoms with Crippen molar-refractivity contribution in [2.24, 2.45) is 0 Å². The van der Waals surface area contributed by atoms with Crippen LogP contribution in [0.1, 0.15) is 11.4 Å². The molecule has 2 aromatic rings. The monoisotopic (exact) mass is 327 g/mol. The van der Waals surface area contributed by atoms with Crippen molar-refractivity contribution < 1.29 is 22.6 Å². The molecule has 0 fully saturated rings. The van der Waals surface area contributed by atoms with E-state index < -0.39 is 6.36 Å². The molecule has 1 aliphatic rings. The van der Waals surface area contributed by atoms with E-state index in [1.54, 1.807) is 12.3 Å². The van der Waals surface area contributed by atoms with Gasteiger partial charge in [-0.25, -0.2) is 4.98 Å². The first-order valence-electron chi connectivity index (χ1n) is 7.16. The summed E-state index contributed by atoms with van der Waals surface area (Å²) in [5.74, 6) is 0.687. The summed E-state index contributed by atoms with van der Waals surface area (Å²) in [6, 6.07) is 5.93. The van der Waals surface area contributed by atoms with Crippen LogP contribution in [0.4, 0.5) is 13.2 Å². The third-order valence-electron chi connectivity index (χ3n) is 3.48. The van der Waals surface area contributed by atoms with E-state index in [0.717, 1.165) is 5.82 Å². The number of ether oxygens (including phenoxy) is 2. The van der Waals surface area contributed by atoms with Crippen molar-refractivity contribution in [2.75, 3.05) is 6.54 Å². The van der Waals surface area contributed by atoms with E-state index in [1.165, 1.54) is 18.2 Å². The van der Waals surface area contributed by atoms with Gasteiger partial charge in [-0.3, -0.25) is 0 Å². The molecule has 0 radical (unpaired) electrons. The average Bonchev–Trinajstić information content (AvgIpc) is 2.93. The van der Waals surface area contributed by atoms with Gasteiger partial charge in [-0.1, -0.05) is 12.1 Å². The van der Waals surface area contributed by atoms with Gasteiger partial charge >= 0.3 is 6.36 Å². The number of aromatic nitrogens is 2. The first-order chi connectivity index (χ1) is 11.0. The molecule has 23 heavy (non-hydrogen) atoms. The van der Waals surface area contributed by atoms with Gasteiger partial charge in [0, 0.05) is 25.5 Å². The SMILES string of the molecule is FC(F)(F)Oc1cccc(CNCC2Cn3ccnc3CO2)c1. The fraction of sp³-hybridized carbons (Fsp3) is 0.400. The molecule has 0 saturated carbocycles. The number of halogens is 3. The molecule has 0 spiro atoms. The Morgan fingerprint density at radius 1 is 1.39 bits per heavy atom. The molecule has 1 aromatic heterocycles. The van der Waals surface area contributed by atoms with E-state index in [1.807, 2.05) is 10.8 Å². The van der Waals surface area contributed by atoms with Crippen LogP contribution < -0.4 is 10.1 Å². The van der Waals surface area contributed by atoms with Crippen LogP contribution in [0.3, 0.4) is 0 Å². The summed E-state index contributed by atoms with van der Waals surface area (Å²) in [7, 11) is 0. The minimum atomic E-state index is -4.68. The number of hydrogen-bond acceptors (Lipinski definition) is 4. The molecule has 3 rings (SSSR count). The summed E-state index contributed by atoms with van der Waals surface area (Å²) in [5.41, 5.74) is 0.714. The molecule has 5 nitrogen and oxygen atoms in total. The second-order valence-corrected chi connectivity index (χ2v) is 5.25. The molecule has 0 amide bonds. The van der Waals surface area contributed by atoms with Crippen LogP contribution in [0.25, 0.3) is 0 Å². The van der Waals surface area contributed by atoms with Crippen molar-refractivity contribution in [1.29, 1.82) is 0 Å². The largest absolute Gasteiger partial charge is 0.573 e. The highest BCUT2D eigenvalue weighted by atomic mass is 19.4. The van der Waals surface area contributed by atoms with Crippen molar-refractivity contribution in [3.63, 3.8) is 0 Å². The third-order valence-corrected chi connectivity index (χ3v) is 3.48. The van der Waals surface area contributed by atoms with Crippen LogP contribution in [-0.4, -0.2) is 28.6 Å². The van der Waals surface area contributed by atoms with Crippen LogP contribution in [0.15, 0.2) is 36.7 Å². The Morgan fingerprint density at radius 3 is 3.09 bits per heavy atom. The number of benzene rings is 1. The van der Waals surface area contributed by atoms with Crippen LogP contribution in [0.2, 0.25) is 0 Å². The standard InChI is InChI=1S/C15H16F3N3O2/c16-15(17,18)23-12-3-1-2-11(6-12)7-19-8-13-9-21-5-4-20-14(21)10-22-13/h1-6,13,19H,7-10H2. The number of rotatable bonds is 5. The molecule has 2 heterocycles. The quantitative estimate of drug-likeness (QED) is 0.916. The number of imidazole rings is 1. The number of fused-ring (bicyclic) bond motifs is 1. The average molecular weight is 327 g/mol. The Labute approximate surface area is 131 Å². The topological polar surface area (TPSA) is 48.3 Å². The third kappa shape index (κ3) is 4.46. The zero-order chi connectivity index (χ0) is 16.3. The van der Waals surface area contributed by atoms with E-state index >= 15 is 0 Å². The van der Waals surface area contributed by atoms with Crippen molar-refractivity contribution in [2.45, 2.75) is 32.2 Å². The van der Waals surface area contributed by atoms with E-state index in [4.69, 9.17) is 4.74 Å². The first-order valence-corrected chi connectivity index (χ1v) is 7.16. The normalized spacial score (nSPS) is 17.8. The van der Waals surface area contributed by atoms with Crippen LogP contribution in [-0.2, 0) is 24.4 Å². The van der Waals surface area contributed by atoms with Crippen molar-refractivity contribution >= 4 is 0 Å². The molecule has 1 atom stereocenters. The Morgan fingerprint density at radius 2 is 2.26 bits per heavy atom. The highest BCUT2D eigenvalue weighted by Crippen LogP contribution is 2.23. The van der Waals surface area contributed by atoms with Gasteiger partial charge in [0.2, 0.25) is 0 Å². The lowest BCUT2D eigenvalue weighted by atomic mass is 10.2. The van der Waals surface area contributed by atoms with Gasteiger partial charge < -0.3 is 19.4 Å². The lowest BCUT2D eigenvalue weighted by Crippen LogP contribution is -2.35. The van der Waals surface area contributed by atoms with Gasteiger partial charge in [0.1, 0.15) is 18.2 Å². The number of hydrogen-bond donors (Lipinski definition) is 1. The van der Waals surface area contributed by atoms with Crippen molar-refractivity contribution in [3.05, 3.63) is 48.0 Å².